The molecule has 34 heavy (non-hydrogen) atoms. The first kappa shape index (κ1) is 24.0. The lowest BCUT2D eigenvalue weighted by Crippen LogP contribution is -2.56. The second kappa shape index (κ2) is 8.75. The molecular weight excluding hydrogens is 424 g/mol. The molecule has 5 rings (SSSR count). The van der Waals surface area contributed by atoms with Gasteiger partial charge in [-0.1, -0.05) is 25.7 Å². The zero-order valence-electron chi connectivity index (χ0n) is 21.7. The van der Waals surface area contributed by atoms with Gasteiger partial charge in [0, 0.05) is 12.7 Å². The van der Waals surface area contributed by atoms with E-state index in [4.69, 9.17) is 14.2 Å². The molecule has 4 aliphatic carbocycles. The van der Waals surface area contributed by atoms with E-state index in [1.807, 2.05) is 25.3 Å². The Balaban J connectivity index is 1.33. The van der Waals surface area contributed by atoms with E-state index in [0.29, 0.717) is 34.4 Å². The number of aliphatic hydroxyl groups is 1. The Hall–Kier alpha value is -1.70. The van der Waals surface area contributed by atoms with Gasteiger partial charge in [0.25, 0.3) is 0 Å². The molecule has 0 heterocycles. The van der Waals surface area contributed by atoms with E-state index < -0.39 is 5.60 Å². The highest BCUT2D eigenvalue weighted by atomic mass is 16.5. The number of methoxy groups -OCH3 is 3. The minimum absolute atomic E-state index is 0.326. The molecule has 0 saturated heterocycles. The van der Waals surface area contributed by atoms with Crippen LogP contribution in [0.15, 0.2) is 18.2 Å². The highest BCUT2D eigenvalue weighted by Crippen LogP contribution is 2.67. The van der Waals surface area contributed by atoms with Gasteiger partial charge < -0.3 is 19.3 Å². The highest BCUT2D eigenvalue weighted by molar-refractivity contribution is 5.49. The second-order valence-corrected chi connectivity index (χ2v) is 12.1. The molecule has 4 fully saturated rings. The van der Waals surface area contributed by atoms with Crippen molar-refractivity contribution < 1.29 is 19.3 Å². The van der Waals surface area contributed by atoms with Crippen molar-refractivity contribution in [3.8, 4) is 23.3 Å². The predicted octanol–water partition coefficient (Wildman–Crippen LogP) is 5.84. The standard InChI is InChI=1S/C30H42O4/c1-28-16-17-30(31,15-12-20-6-10-25(32-3)26(18-20)33-4)19-21(28)7-8-22-23-9-11-27(34-5)29(23,2)14-13-24(22)28/h6,10,18,21-24,27,31H,7-9,11,13-14,16-17,19H2,1-5H3/t21-,22+,23+,24+,27+,28+,29+,30-/m1/s1. The van der Waals surface area contributed by atoms with Crippen molar-refractivity contribution in [1.82, 2.24) is 0 Å². The maximum atomic E-state index is 11.5. The average Bonchev–Trinajstić information content (AvgIpc) is 3.19. The first-order valence-corrected chi connectivity index (χ1v) is 13.3. The van der Waals surface area contributed by atoms with E-state index in [-0.39, 0.29) is 0 Å². The summed E-state index contributed by atoms with van der Waals surface area (Å²) in [4.78, 5) is 0. The van der Waals surface area contributed by atoms with Crippen molar-refractivity contribution in [3.63, 3.8) is 0 Å². The van der Waals surface area contributed by atoms with E-state index in [9.17, 15) is 5.11 Å². The summed E-state index contributed by atoms with van der Waals surface area (Å²) in [6, 6.07) is 5.70. The summed E-state index contributed by atoms with van der Waals surface area (Å²) in [5, 5.41) is 11.5. The summed E-state index contributed by atoms with van der Waals surface area (Å²) in [6.45, 7) is 5.05. The van der Waals surface area contributed by atoms with E-state index in [2.05, 4.69) is 25.7 Å². The number of ether oxygens (including phenoxy) is 3. The summed E-state index contributed by atoms with van der Waals surface area (Å²) in [5.74, 6) is 10.8. The Morgan fingerprint density at radius 1 is 0.853 bits per heavy atom. The van der Waals surface area contributed by atoms with Crippen LogP contribution in [0.25, 0.3) is 0 Å². The fourth-order valence-electron chi connectivity index (χ4n) is 8.80. The van der Waals surface area contributed by atoms with Gasteiger partial charge in [-0.15, -0.1) is 0 Å². The molecule has 4 aliphatic rings. The molecule has 1 aromatic carbocycles. The third-order valence-electron chi connectivity index (χ3n) is 10.7. The van der Waals surface area contributed by atoms with Crippen LogP contribution < -0.4 is 9.47 Å². The molecule has 4 nitrogen and oxygen atoms in total. The van der Waals surface area contributed by atoms with Crippen LogP contribution in [0.2, 0.25) is 0 Å². The smallest absolute Gasteiger partial charge is 0.161 e. The Labute approximate surface area is 205 Å². The Bertz CT molecular complexity index is 978. The zero-order valence-corrected chi connectivity index (χ0v) is 21.7. The van der Waals surface area contributed by atoms with Crippen LogP contribution in [0, 0.1) is 46.3 Å². The van der Waals surface area contributed by atoms with Gasteiger partial charge in [0.1, 0.15) is 5.60 Å². The second-order valence-electron chi connectivity index (χ2n) is 12.1. The van der Waals surface area contributed by atoms with Crippen molar-refractivity contribution in [2.75, 3.05) is 21.3 Å². The zero-order chi connectivity index (χ0) is 24.1. The molecule has 0 radical (unpaired) electrons. The van der Waals surface area contributed by atoms with Gasteiger partial charge in [0.15, 0.2) is 11.5 Å². The summed E-state index contributed by atoms with van der Waals surface area (Å²) >= 11 is 0. The molecule has 1 N–H and O–H groups in total. The minimum atomic E-state index is -0.901. The van der Waals surface area contributed by atoms with Crippen molar-refractivity contribution in [2.45, 2.75) is 83.3 Å². The minimum Gasteiger partial charge on any atom is -0.493 e. The fraction of sp³-hybridized carbons (Fsp3) is 0.733. The van der Waals surface area contributed by atoms with Crippen LogP contribution in [0.5, 0.6) is 11.5 Å². The number of fused-ring (bicyclic) bond motifs is 5. The number of rotatable bonds is 3. The molecule has 8 atom stereocenters. The molecule has 4 saturated carbocycles. The van der Waals surface area contributed by atoms with Crippen molar-refractivity contribution >= 4 is 0 Å². The van der Waals surface area contributed by atoms with Crippen LogP contribution in [0.1, 0.15) is 77.2 Å². The van der Waals surface area contributed by atoms with Gasteiger partial charge in [0.05, 0.1) is 20.3 Å². The van der Waals surface area contributed by atoms with Gasteiger partial charge in [-0.2, -0.15) is 0 Å². The number of hydrogen-bond donors (Lipinski definition) is 1. The molecule has 1 aromatic rings. The molecule has 0 spiro atoms. The van der Waals surface area contributed by atoms with Crippen molar-refractivity contribution in [3.05, 3.63) is 23.8 Å². The summed E-state index contributed by atoms with van der Waals surface area (Å²) < 4.78 is 16.7. The van der Waals surface area contributed by atoms with Gasteiger partial charge in [-0.25, -0.2) is 0 Å². The van der Waals surface area contributed by atoms with Gasteiger partial charge in [-0.3, -0.25) is 0 Å². The maximum Gasteiger partial charge on any atom is 0.161 e. The molecule has 186 valence electrons. The molecule has 0 bridgehead atoms. The lowest BCUT2D eigenvalue weighted by Gasteiger charge is -2.61. The van der Waals surface area contributed by atoms with E-state index in [1.54, 1.807) is 14.2 Å². The van der Waals surface area contributed by atoms with Gasteiger partial charge >= 0.3 is 0 Å². The first-order valence-electron chi connectivity index (χ1n) is 13.3. The maximum absolute atomic E-state index is 11.5. The van der Waals surface area contributed by atoms with Gasteiger partial charge in [0.2, 0.25) is 0 Å². The third kappa shape index (κ3) is 3.75. The lowest BCUT2D eigenvalue weighted by molar-refractivity contribution is -0.146. The Morgan fingerprint density at radius 2 is 1.62 bits per heavy atom. The largest absolute Gasteiger partial charge is 0.493 e. The van der Waals surface area contributed by atoms with Crippen molar-refractivity contribution in [1.29, 1.82) is 0 Å². The summed E-state index contributed by atoms with van der Waals surface area (Å²) in [6.07, 6.45) is 10.8. The summed E-state index contributed by atoms with van der Waals surface area (Å²) in [7, 11) is 5.18. The number of benzene rings is 1. The van der Waals surface area contributed by atoms with Crippen LogP contribution >= 0.6 is 0 Å². The van der Waals surface area contributed by atoms with Crippen LogP contribution in [0.3, 0.4) is 0 Å². The molecule has 0 aromatic heterocycles. The third-order valence-corrected chi connectivity index (χ3v) is 10.7. The van der Waals surface area contributed by atoms with Crippen molar-refractivity contribution in [2.24, 2.45) is 34.5 Å². The molecule has 4 heteroatoms. The average molecular weight is 467 g/mol. The Kier molecular flexibility index (Phi) is 6.18. The topological polar surface area (TPSA) is 47.9 Å². The lowest BCUT2D eigenvalue weighted by atomic mass is 9.44. The van der Waals surface area contributed by atoms with Gasteiger partial charge in [-0.05, 0) is 110 Å². The highest BCUT2D eigenvalue weighted by Gasteiger charge is 2.61. The first-order chi connectivity index (χ1) is 16.3. The normalized spacial score (nSPS) is 43.1. The molecule has 0 unspecified atom stereocenters. The fourth-order valence-corrected chi connectivity index (χ4v) is 8.80. The van der Waals surface area contributed by atoms with E-state index in [1.165, 1.54) is 38.5 Å². The van der Waals surface area contributed by atoms with E-state index >= 15 is 0 Å². The molecule has 0 aliphatic heterocycles. The summed E-state index contributed by atoms with van der Waals surface area (Å²) in [5.41, 5.74) is 0.636. The molecule has 0 amide bonds. The van der Waals surface area contributed by atoms with Crippen LogP contribution in [0.4, 0.5) is 0 Å². The van der Waals surface area contributed by atoms with Crippen LogP contribution in [-0.2, 0) is 4.74 Å². The SMILES string of the molecule is COc1ccc(C#C[C@@]2(O)CC[C@@]3(C)[C@H](CC[C@@H]4[C@@H]3CC[C@]3(C)[C@@H](OC)CC[C@@H]43)C2)cc1OC. The number of hydrogen-bond acceptors (Lipinski definition) is 4. The predicted molar refractivity (Wildman–Crippen MR) is 134 cm³/mol. The molecular formula is C30H42O4. The van der Waals surface area contributed by atoms with E-state index in [0.717, 1.165) is 42.6 Å². The Morgan fingerprint density at radius 3 is 2.35 bits per heavy atom. The monoisotopic (exact) mass is 466 g/mol. The quantitative estimate of drug-likeness (QED) is 0.568. The van der Waals surface area contributed by atoms with Crippen LogP contribution in [-0.4, -0.2) is 38.1 Å².